The summed E-state index contributed by atoms with van der Waals surface area (Å²) in [5, 5.41) is 3.07. The lowest BCUT2D eigenvalue weighted by Gasteiger charge is -2.34. The van der Waals surface area contributed by atoms with Crippen molar-refractivity contribution in [1.29, 1.82) is 0 Å². The van der Waals surface area contributed by atoms with E-state index >= 15 is 0 Å². The molecule has 1 aromatic rings. The van der Waals surface area contributed by atoms with Gasteiger partial charge in [-0.15, -0.1) is 12.4 Å². The van der Waals surface area contributed by atoms with Crippen molar-refractivity contribution in [3.05, 3.63) is 29.3 Å². The number of carbonyl (C=O) groups excluding carboxylic acids is 1. The Hall–Kier alpha value is -1.34. The minimum Gasteiger partial charge on any atom is -0.493 e. The van der Waals surface area contributed by atoms with E-state index in [9.17, 15) is 4.79 Å². The van der Waals surface area contributed by atoms with Gasteiger partial charge in [0.05, 0.1) is 18.6 Å². The smallest absolute Gasteiger partial charge is 0.227 e. The summed E-state index contributed by atoms with van der Waals surface area (Å²) in [6.45, 7) is 6.24. The number of aryl methyl sites for hydroxylation is 1. The molecule has 0 aromatic heterocycles. The quantitative estimate of drug-likeness (QED) is 0.735. The summed E-state index contributed by atoms with van der Waals surface area (Å²) in [6.07, 6.45) is 2.39. The molecule has 2 saturated heterocycles. The molecule has 2 aliphatic heterocycles. The van der Waals surface area contributed by atoms with Gasteiger partial charge in [-0.3, -0.25) is 4.79 Å². The fraction of sp³-hybridized carbons (Fsp3) is 0.650. The van der Waals surface area contributed by atoms with Crippen LogP contribution < -0.4 is 15.8 Å². The molecule has 1 unspecified atom stereocenters. The second-order valence-corrected chi connectivity index (χ2v) is 7.43. The molecule has 1 aromatic carbocycles. The molecule has 3 N–H and O–H groups in total. The van der Waals surface area contributed by atoms with Gasteiger partial charge in [-0.05, 0) is 37.8 Å². The van der Waals surface area contributed by atoms with Gasteiger partial charge in [0.2, 0.25) is 5.91 Å². The van der Waals surface area contributed by atoms with Crippen LogP contribution in [-0.2, 0) is 20.8 Å². The Morgan fingerprint density at radius 1 is 1.30 bits per heavy atom. The van der Waals surface area contributed by atoms with Gasteiger partial charge in [-0.2, -0.15) is 0 Å². The van der Waals surface area contributed by atoms with Gasteiger partial charge < -0.3 is 25.3 Å². The molecule has 3 rings (SSSR count). The molecular weight excluding hydrogens is 368 g/mol. The van der Waals surface area contributed by atoms with Crippen molar-refractivity contribution in [3.63, 3.8) is 0 Å². The highest BCUT2D eigenvalue weighted by Gasteiger charge is 2.38. The van der Waals surface area contributed by atoms with Crippen molar-refractivity contribution in [3.8, 4) is 5.75 Å². The lowest BCUT2D eigenvalue weighted by Crippen LogP contribution is -2.49. The van der Waals surface area contributed by atoms with Crippen LogP contribution in [0.5, 0.6) is 5.75 Å². The van der Waals surface area contributed by atoms with Gasteiger partial charge in [0.25, 0.3) is 0 Å². The Morgan fingerprint density at radius 2 is 2.07 bits per heavy atom. The summed E-state index contributed by atoms with van der Waals surface area (Å²) < 4.78 is 16.9. The molecule has 2 heterocycles. The first-order valence-corrected chi connectivity index (χ1v) is 9.49. The predicted molar refractivity (Wildman–Crippen MR) is 106 cm³/mol. The second kappa shape index (κ2) is 10.3. The molecule has 7 heteroatoms. The standard InChI is InChI=1S/C20H30N2O4.ClH/c1-15-2-3-17(18(10-15)26-13-16-4-7-25-12-16)11-22-19(23)20(14-21)5-8-24-9-6-20;/h2-3,10,16H,4-9,11-14,21H2,1H3,(H,22,23);1H. The number of hydrogen-bond donors (Lipinski definition) is 2. The van der Waals surface area contributed by atoms with Crippen molar-refractivity contribution >= 4 is 18.3 Å². The van der Waals surface area contributed by atoms with Crippen molar-refractivity contribution in [2.45, 2.75) is 32.7 Å². The van der Waals surface area contributed by atoms with E-state index in [0.717, 1.165) is 36.5 Å². The van der Waals surface area contributed by atoms with Gasteiger partial charge in [0, 0.05) is 44.4 Å². The van der Waals surface area contributed by atoms with Crippen molar-refractivity contribution in [1.82, 2.24) is 5.32 Å². The van der Waals surface area contributed by atoms with E-state index in [1.54, 1.807) is 0 Å². The maximum atomic E-state index is 12.8. The second-order valence-electron chi connectivity index (χ2n) is 7.43. The Balaban J connectivity index is 0.00000261. The van der Waals surface area contributed by atoms with E-state index in [1.165, 1.54) is 0 Å². The maximum absolute atomic E-state index is 12.8. The Labute approximate surface area is 167 Å². The monoisotopic (exact) mass is 398 g/mol. The van der Waals surface area contributed by atoms with Crippen LogP contribution in [0, 0.1) is 18.3 Å². The number of nitrogens with two attached hydrogens (primary N) is 1. The molecule has 152 valence electrons. The highest BCUT2D eigenvalue weighted by molar-refractivity contribution is 5.85. The van der Waals surface area contributed by atoms with Crippen LogP contribution in [0.25, 0.3) is 0 Å². The van der Waals surface area contributed by atoms with E-state index < -0.39 is 5.41 Å². The lowest BCUT2D eigenvalue weighted by molar-refractivity contribution is -0.136. The number of benzene rings is 1. The van der Waals surface area contributed by atoms with Gasteiger partial charge in [-0.1, -0.05) is 12.1 Å². The van der Waals surface area contributed by atoms with E-state index in [1.807, 2.05) is 25.1 Å². The predicted octanol–water partition coefficient (Wildman–Crippen LogP) is 2.20. The van der Waals surface area contributed by atoms with Crippen molar-refractivity contribution in [2.24, 2.45) is 17.1 Å². The lowest BCUT2D eigenvalue weighted by atomic mass is 9.79. The van der Waals surface area contributed by atoms with E-state index in [4.69, 9.17) is 19.9 Å². The number of ether oxygens (including phenoxy) is 3. The molecule has 0 aliphatic carbocycles. The number of nitrogens with one attached hydrogen (secondary N) is 1. The van der Waals surface area contributed by atoms with Crippen molar-refractivity contribution in [2.75, 3.05) is 39.6 Å². The summed E-state index contributed by atoms with van der Waals surface area (Å²) in [4.78, 5) is 12.8. The van der Waals surface area contributed by atoms with Gasteiger partial charge in [0.1, 0.15) is 5.75 Å². The maximum Gasteiger partial charge on any atom is 0.227 e. The number of halogens is 1. The normalized spacial score (nSPS) is 21.3. The van der Waals surface area contributed by atoms with Crippen LogP contribution in [-0.4, -0.2) is 45.5 Å². The van der Waals surface area contributed by atoms with Crippen LogP contribution in [0.4, 0.5) is 0 Å². The minimum absolute atomic E-state index is 0. The van der Waals surface area contributed by atoms with Gasteiger partial charge in [-0.25, -0.2) is 0 Å². The topological polar surface area (TPSA) is 82.8 Å². The Kier molecular flexibility index (Phi) is 8.35. The molecular formula is C20H31ClN2O4. The number of hydrogen-bond acceptors (Lipinski definition) is 5. The highest BCUT2D eigenvalue weighted by Crippen LogP contribution is 2.30. The molecule has 2 aliphatic rings. The zero-order valence-electron chi connectivity index (χ0n) is 16.0. The summed E-state index contributed by atoms with van der Waals surface area (Å²) in [5.74, 6) is 1.30. The molecule has 0 radical (unpaired) electrons. The molecule has 2 fully saturated rings. The summed E-state index contributed by atoms with van der Waals surface area (Å²) in [7, 11) is 0. The first-order chi connectivity index (χ1) is 12.6. The molecule has 27 heavy (non-hydrogen) atoms. The van der Waals surface area contributed by atoms with Gasteiger partial charge in [0.15, 0.2) is 0 Å². The third-order valence-electron chi connectivity index (χ3n) is 5.48. The fourth-order valence-electron chi connectivity index (χ4n) is 3.51. The first kappa shape index (κ1) is 22.0. The SMILES string of the molecule is Cc1ccc(CNC(=O)C2(CN)CCOCC2)c(OCC2CCOC2)c1.Cl. The number of rotatable bonds is 7. The molecule has 0 saturated carbocycles. The summed E-state index contributed by atoms with van der Waals surface area (Å²) in [6, 6.07) is 6.10. The summed E-state index contributed by atoms with van der Waals surface area (Å²) in [5.41, 5.74) is 7.54. The van der Waals surface area contributed by atoms with Gasteiger partial charge >= 0.3 is 0 Å². The third-order valence-corrected chi connectivity index (χ3v) is 5.48. The van der Waals surface area contributed by atoms with E-state index in [0.29, 0.717) is 51.7 Å². The summed E-state index contributed by atoms with van der Waals surface area (Å²) >= 11 is 0. The largest absolute Gasteiger partial charge is 0.493 e. The molecule has 1 amide bonds. The average Bonchev–Trinajstić information content (AvgIpc) is 3.19. The molecule has 1 atom stereocenters. The van der Waals surface area contributed by atoms with Crippen LogP contribution in [0.3, 0.4) is 0 Å². The Bertz CT molecular complexity index is 614. The fourth-order valence-corrected chi connectivity index (χ4v) is 3.51. The number of amides is 1. The molecule has 0 bridgehead atoms. The minimum atomic E-state index is -0.509. The highest BCUT2D eigenvalue weighted by atomic mass is 35.5. The van der Waals surface area contributed by atoms with Crippen LogP contribution in [0.1, 0.15) is 30.4 Å². The Morgan fingerprint density at radius 3 is 2.74 bits per heavy atom. The van der Waals surface area contributed by atoms with E-state index in [2.05, 4.69) is 5.32 Å². The van der Waals surface area contributed by atoms with E-state index in [-0.39, 0.29) is 18.3 Å². The zero-order valence-corrected chi connectivity index (χ0v) is 16.8. The first-order valence-electron chi connectivity index (χ1n) is 9.49. The van der Waals surface area contributed by atoms with Crippen molar-refractivity contribution < 1.29 is 19.0 Å². The van der Waals surface area contributed by atoms with Crippen LogP contribution in [0.2, 0.25) is 0 Å². The third kappa shape index (κ3) is 5.57. The van der Waals surface area contributed by atoms with Crippen LogP contribution in [0.15, 0.2) is 18.2 Å². The van der Waals surface area contributed by atoms with Crippen LogP contribution >= 0.6 is 12.4 Å². The zero-order chi connectivity index (χ0) is 18.4. The molecule has 0 spiro atoms. The number of carbonyl (C=O) groups is 1. The average molecular weight is 399 g/mol. The molecule has 6 nitrogen and oxygen atoms in total.